The Morgan fingerprint density at radius 3 is 2.61 bits per heavy atom. The van der Waals surface area contributed by atoms with Crippen molar-refractivity contribution in [3.8, 4) is 0 Å². The fourth-order valence-electron chi connectivity index (χ4n) is 2.90. The molecule has 0 atom stereocenters. The Morgan fingerprint density at radius 1 is 1.35 bits per heavy atom. The fraction of sp³-hybridized carbons (Fsp3) is 0.611. The smallest absolute Gasteiger partial charge is 0.255 e. The second kappa shape index (κ2) is 8.13. The number of halogens is 1. The highest BCUT2D eigenvalue weighted by Gasteiger charge is 2.26. The van der Waals surface area contributed by atoms with E-state index in [9.17, 15) is 4.79 Å². The van der Waals surface area contributed by atoms with Crippen molar-refractivity contribution in [2.45, 2.75) is 39.2 Å². The number of aliphatic hydroxyl groups is 1. The maximum absolute atomic E-state index is 12.5. The Bertz CT molecular complexity index is 526. The summed E-state index contributed by atoms with van der Waals surface area (Å²) in [6.45, 7) is 6.93. The maximum Gasteiger partial charge on any atom is 0.255 e. The molecule has 0 aromatic heterocycles. The van der Waals surface area contributed by atoms with Crippen molar-refractivity contribution in [1.82, 2.24) is 10.2 Å². The molecule has 2 N–H and O–H groups in total. The molecule has 1 aliphatic rings. The third-order valence-corrected chi connectivity index (χ3v) is 4.87. The van der Waals surface area contributed by atoms with Crippen LogP contribution in [0.5, 0.6) is 0 Å². The lowest BCUT2D eigenvalue weighted by Gasteiger charge is -2.35. The summed E-state index contributed by atoms with van der Waals surface area (Å²) in [6, 6.07) is 7.65. The van der Waals surface area contributed by atoms with Crippen molar-refractivity contribution >= 4 is 17.5 Å². The molecule has 0 spiro atoms. The summed E-state index contributed by atoms with van der Waals surface area (Å²) in [5, 5.41) is 13.2. The first-order chi connectivity index (χ1) is 10.9. The highest BCUT2D eigenvalue weighted by atomic mass is 35.5. The number of likely N-dealkylation sites (tertiary alicyclic amines) is 1. The van der Waals surface area contributed by atoms with Crippen LogP contribution in [0, 0.1) is 5.41 Å². The van der Waals surface area contributed by atoms with E-state index in [1.165, 1.54) is 0 Å². The van der Waals surface area contributed by atoms with Crippen LogP contribution < -0.4 is 5.32 Å². The number of piperidine rings is 1. The quantitative estimate of drug-likeness (QED) is 0.838. The van der Waals surface area contributed by atoms with Gasteiger partial charge in [0, 0.05) is 32.3 Å². The molecule has 1 amide bonds. The van der Waals surface area contributed by atoms with E-state index in [2.05, 4.69) is 19.2 Å². The van der Waals surface area contributed by atoms with Crippen LogP contribution in [-0.4, -0.2) is 48.2 Å². The molecular weight excluding hydrogens is 312 g/mol. The van der Waals surface area contributed by atoms with Gasteiger partial charge in [-0.05, 0) is 36.8 Å². The Hall–Kier alpha value is -1.10. The molecule has 1 aliphatic heterocycles. The van der Waals surface area contributed by atoms with Gasteiger partial charge in [-0.15, -0.1) is 0 Å². The normalized spacial score (nSPS) is 16.6. The number of nitrogens with one attached hydrogen (secondary N) is 1. The molecule has 1 fully saturated rings. The third kappa shape index (κ3) is 5.20. The van der Waals surface area contributed by atoms with E-state index in [1.54, 1.807) is 12.1 Å². The lowest BCUT2D eigenvalue weighted by molar-refractivity contribution is 0.0700. The summed E-state index contributed by atoms with van der Waals surface area (Å²) < 4.78 is 0. The van der Waals surface area contributed by atoms with Crippen molar-refractivity contribution in [3.63, 3.8) is 0 Å². The number of nitrogens with zero attached hydrogens (tertiary/aromatic N) is 1. The van der Waals surface area contributed by atoms with E-state index in [1.807, 2.05) is 17.0 Å². The lowest BCUT2D eigenvalue weighted by atomic mass is 9.89. The van der Waals surface area contributed by atoms with Crippen LogP contribution >= 0.6 is 11.6 Å². The molecule has 2 rings (SSSR count). The molecule has 1 heterocycles. The van der Waals surface area contributed by atoms with Crippen LogP contribution in [0.25, 0.3) is 0 Å². The number of amides is 1. The number of benzene rings is 1. The Balaban J connectivity index is 1.82. The summed E-state index contributed by atoms with van der Waals surface area (Å²) in [4.78, 5) is 14.4. The molecule has 1 aromatic rings. The predicted octanol–water partition coefficient (Wildman–Crippen LogP) is 2.94. The van der Waals surface area contributed by atoms with Crippen molar-refractivity contribution in [2.75, 3.05) is 26.2 Å². The molecular formula is C18H27ClN2O2. The van der Waals surface area contributed by atoms with Gasteiger partial charge < -0.3 is 15.3 Å². The van der Waals surface area contributed by atoms with Gasteiger partial charge in [-0.25, -0.2) is 0 Å². The molecule has 1 saturated heterocycles. The van der Waals surface area contributed by atoms with E-state index in [-0.39, 0.29) is 17.9 Å². The SMILES string of the molecule is CC(C)(CCO)CNC1CCN(C(=O)c2ccccc2Cl)CC1. The predicted molar refractivity (Wildman–Crippen MR) is 93.9 cm³/mol. The second-order valence-electron chi connectivity index (χ2n) is 7.07. The first-order valence-electron chi connectivity index (χ1n) is 8.31. The lowest BCUT2D eigenvalue weighted by Crippen LogP contribution is -2.47. The summed E-state index contributed by atoms with van der Waals surface area (Å²) in [5.41, 5.74) is 0.684. The number of hydrogen-bond acceptors (Lipinski definition) is 3. The highest BCUT2D eigenvalue weighted by molar-refractivity contribution is 6.33. The Kier molecular flexibility index (Phi) is 6.45. The Labute approximate surface area is 143 Å². The third-order valence-electron chi connectivity index (χ3n) is 4.54. The molecule has 23 heavy (non-hydrogen) atoms. The van der Waals surface area contributed by atoms with E-state index >= 15 is 0 Å². The van der Waals surface area contributed by atoms with Crippen molar-refractivity contribution in [3.05, 3.63) is 34.9 Å². The molecule has 0 saturated carbocycles. The first-order valence-corrected chi connectivity index (χ1v) is 8.69. The van der Waals surface area contributed by atoms with E-state index < -0.39 is 0 Å². The van der Waals surface area contributed by atoms with Crippen LogP contribution in [0.2, 0.25) is 5.02 Å². The minimum absolute atomic E-state index is 0.0228. The Morgan fingerprint density at radius 2 is 2.00 bits per heavy atom. The molecule has 0 unspecified atom stereocenters. The van der Waals surface area contributed by atoms with E-state index in [0.29, 0.717) is 16.6 Å². The molecule has 0 radical (unpaired) electrons. The van der Waals surface area contributed by atoms with Gasteiger partial charge in [0.05, 0.1) is 10.6 Å². The molecule has 5 heteroatoms. The van der Waals surface area contributed by atoms with Gasteiger partial charge in [-0.3, -0.25) is 4.79 Å². The number of hydrogen-bond donors (Lipinski definition) is 2. The monoisotopic (exact) mass is 338 g/mol. The zero-order chi connectivity index (χ0) is 16.9. The molecule has 0 aliphatic carbocycles. The first kappa shape index (κ1) is 18.2. The van der Waals surface area contributed by atoms with Gasteiger partial charge in [0.2, 0.25) is 0 Å². The van der Waals surface area contributed by atoms with Crippen LogP contribution in [0.4, 0.5) is 0 Å². The summed E-state index contributed by atoms with van der Waals surface area (Å²) in [6.07, 6.45) is 2.70. The van der Waals surface area contributed by atoms with Crippen molar-refractivity contribution < 1.29 is 9.90 Å². The summed E-state index contributed by atoms with van der Waals surface area (Å²) >= 11 is 6.12. The number of carbonyl (C=O) groups excluding carboxylic acids is 1. The maximum atomic E-state index is 12.5. The van der Waals surface area contributed by atoms with Crippen LogP contribution in [0.3, 0.4) is 0 Å². The highest BCUT2D eigenvalue weighted by Crippen LogP contribution is 2.22. The minimum atomic E-state index is 0.0228. The van der Waals surface area contributed by atoms with Crippen LogP contribution in [0.15, 0.2) is 24.3 Å². The van der Waals surface area contributed by atoms with Gasteiger partial charge in [0.15, 0.2) is 0 Å². The molecule has 128 valence electrons. The zero-order valence-corrected chi connectivity index (χ0v) is 14.8. The summed E-state index contributed by atoms with van der Waals surface area (Å²) in [5.74, 6) is 0.0228. The number of carbonyl (C=O) groups is 1. The number of rotatable bonds is 6. The van der Waals surface area contributed by atoms with Crippen LogP contribution in [0.1, 0.15) is 43.5 Å². The molecule has 4 nitrogen and oxygen atoms in total. The van der Waals surface area contributed by atoms with Gasteiger partial charge in [0.25, 0.3) is 5.91 Å². The minimum Gasteiger partial charge on any atom is -0.396 e. The average molecular weight is 339 g/mol. The molecule has 1 aromatic carbocycles. The van der Waals surface area contributed by atoms with Crippen LogP contribution in [-0.2, 0) is 0 Å². The van der Waals surface area contributed by atoms with Gasteiger partial charge in [-0.1, -0.05) is 37.6 Å². The largest absolute Gasteiger partial charge is 0.396 e. The van der Waals surface area contributed by atoms with Gasteiger partial charge in [0.1, 0.15) is 0 Å². The van der Waals surface area contributed by atoms with Gasteiger partial charge in [-0.2, -0.15) is 0 Å². The van der Waals surface area contributed by atoms with Gasteiger partial charge >= 0.3 is 0 Å². The summed E-state index contributed by atoms with van der Waals surface area (Å²) in [7, 11) is 0. The second-order valence-corrected chi connectivity index (χ2v) is 7.47. The van der Waals surface area contributed by atoms with E-state index in [4.69, 9.17) is 16.7 Å². The number of aliphatic hydroxyl groups excluding tert-OH is 1. The topological polar surface area (TPSA) is 52.6 Å². The average Bonchev–Trinajstić information content (AvgIpc) is 2.53. The molecule has 0 bridgehead atoms. The van der Waals surface area contributed by atoms with Crippen molar-refractivity contribution in [1.29, 1.82) is 0 Å². The zero-order valence-electron chi connectivity index (χ0n) is 14.0. The standard InChI is InChI=1S/C18H27ClN2O2/c1-18(2,9-12-22)13-20-14-7-10-21(11-8-14)17(23)15-5-3-4-6-16(15)19/h3-6,14,20,22H,7-13H2,1-2H3. The fourth-order valence-corrected chi connectivity index (χ4v) is 3.12. The van der Waals surface area contributed by atoms with E-state index in [0.717, 1.165) is 38.9 Å². The van der Waals surface area contributed by atoms with Crippen molar-refractivity contribution in [2.24, 2.45) is 5.41 Å².